The molecule has 29 heavy (non-hydrogen) atoms. The Morgan fingerprint density at radius 2 is 1.66 bits per heavy atom. The van der Waals surface area contributed by atoms with Crippen molar-refractivity contribution in [3.63, 3.8) is 0 Å². The minimum Gasteiger partial charge on any atom is -0.435 e. The fourth-order valence-electron chi connectivity index (χ4n) is 4.05. The molecule has 0 aromatic heterocycles. The number of fused-ring (bicyclic) bond motifs is 2. The molecule has 1 aliphatic carbocycles. The van der Waals surface area contributed by atoms with Crippen LogP contribution < -0.4 is 0 Å². The van der Waals surface area contributed by atoms with Crippen molar-refractivity contribution in [2.24, 2.45) is 0 Å². The molecule has 0 N–H and O–H groups in total. The Kier molecular flexibility index (Phi) is 6.73. The minimum absolute atomic E-state index is 0.204. The van der Waals surface area contributed by atoms with E-state index in [1.54, 1.807) is 11.8 Å². The maximum Gasteiger partial charge on any atom is 0.318 e. The van der Waals surface area contributed by atoms with E-state index < -0.39 is 6.29 Å². The molecule has 0 radical (unpaired) electrons. The van der Waals surface area contributed by atoms with Crippen molar-refractivity contribution in [1.29, 1.82) is 0 Å². The Hall–Kier alpha value is -2.04. The predicted molar refractivity (Wildman–Crippen MR) is 121 cm³/mol. The normalized spacial score (nSPS) is 16.2. The second kappa shape index (κ2) is 9.64. The van der Waals surface area contributed by atoms with E-state index in [9.17, 15) is 4.79 Å². The molecule has 0 spiro atoms. The maximum atomic E-state index is 12.1. The van der Waals surface area contributed by atoms with Gasteiger partial charge < -0.3 is 9.47 Å². The third kappa shape index (κ3) is 5.52. The van der Waals surface area contributed by atoms with Crippen molar-refractivity contribution in [3.05, 3.63) is 60.2 Å². The first-order valence-corrected chi connectivity index (χ1v) is 11.7. The lowest BCUT2D eigenvalue weighted by Gasteiger charge is -2.25. The zero-order valence-electron chi connectivity index (χ0n) is 16.9. The molecule has 0 saturated heterocycles. The molecule has 3 aromatic rings. The van der Waals surface area contributed by atoms with Crippen LogP contribution in [0.3, 0.4) is 0 Å². The van der Waals surface area contributed by atoms with Gasteiger partial charge in [-0.25, -0.2) is 0 Å². The van der Waals surface area contributed by atoms with Gasteiger partial charge in [-0.15, -0.1) is 11.8 Å². The summed E-state index contributed by atoms with van der Waals surface area (Å²) in [5.41, 5.74) is 1.22. The Bertz CT molecular complexity index is 978. The van der Waals surface area contributed by atoms with Crippen molar-refractivity contribution in [2.45, 2.75) is 57.2 Å². The SMILES string of the molecule is CC(OC(=O)CSCc1ccc2cc3ccccc3cc2c1)OC1CCCCC1. The monoisotopic (exact) mass is 408 g/mol. The molecule has 0 bridgehead atoms. The molecule has 4 heteroatoms. The fourth-order valence-corrected chi connectivity index (χ4v) is 4.80. The molecule has 1 aliphatic rings. The van der Waals surface area contributed by atoms with E-state index in [-0.39, 0.29) is 12.1 Å². The molecule has 3 nitrogen and oxygen atoms in total. The average Bonchev–Trinajstić information content (AvgIpc) is 2.72. The van der Waals surface area contributed by atoms with Crippen LogP contribution in [0.2, 0.25) is 0 Å². The molecular formula is C25H28O3S. The highest BCUT2D eigenvalue weighted by Gasteiger charge is 2.18. The molecule has 3 aromatic carbocycles. The third-order valence-electron chi connectivity index (χ3n) is 5.49. The maximum absolute atomic E-state index is 12.1. The highest BCUT2D eigenvalue weighted by Crippen LogP contribution is 2.25. The lowest BCUT2D eigenvalue weighted by molar-refractivity contribution is -0.184. The van der Waals surface area contributed by atoms with E-state index in [0.717, 1.165) is 18.6 Å². The highest BCUT2D eigenvalue weighted by atomic mass is 32.2. The van der Waals surface area contributed by atoms with Gasteiger partial charge in [-0.2, -0.15) is 0 Å². The van der Waals surface area contributed by atoms with Gasteiger partial charge in [-0.3, -0.25) is 4.79 Å². The van der Waals surface area contributed by atoms with Crippen molar-refractivity contribution in [2.75, 3.05) is 5.75 Å². The van der Waals surface area contributed by atoms with E-state index in [1.165, 1.54) is 46.4 Å². The van der Waals surface area contributed by atoms with Crippen molar-refractivity contribution in [3.8, 4) is 0 Å². The molecule has 1 unspecified atom stereocenters. The second-order valence-corrected chi connectivity index (χ2v) is 8.81. The summed E-state index contributed by atoms with van der Waals surface area (Å²) >= 11 is 1.58. The van der Waals surface area contributed by atoms with Crippen LogP contribution in [-0.2, 0) is 20.0 Å². The van der Waals surface area contributed by atoms with Gasteiger partial charge >= 0.3 is 5.97 Å². The van der Waals surface area contributed by atoms with Crippen molar-refractivity contribution in [1.82, 2.24) is 0 Å². The number of thioether (sulfide) groups is 1. The van der Waals surface area contributed by atoms with Gasteiger partial charge in [0.15, 0.2) is 6.29 Å². The van der Waals surface area contributed by atoms with E-state index in [4.69, 9.17) is 9.47 Å². The summed E-state index contributed by atoms with van der Waals surface area (Å²) in [6.45, 7) is 1.82. The Morgan fingerprint density at radius 3 is 2.41 bits per heavy atom. The standard InChI is InChI=1S/C25H28O3S/c1-18(27-24-9-3-2-4-10-24)28-25(26)17-29-16-19-11-12-22-14-20-7-5-6-8-21(20)15-23(22)13-19/h5-8,11-15,18,24H,2-4,9-10,16-17H2,1H3. The minimum atomic E-state index is -0.458. The molecular weight excluding hydrogens is 380 g/mol. The molecule has 1 fully saturated rings. The quantitative estimate of drug-likeness (QED) is 0.255. The number of ether oxygens (including phenoxy) is 2. The summed E-state index contributed by atoms with van der Waals surface area (Å²) in [6, 6.07) is 19.4. The van der Waals surface area contributed by atoms with Crippen molar-refractivity contribution < 1.29 is 14.3 Å². The average molecular weight is 409 g/mol. The smallest absolute Gasteiger partial charge is 0.318 e. The molecule has 0 amide bonds. The van der Waals surface area contributed by atoms with Gasteiger partial charge in [0.05, 0.1) is 11.9 Å². The van der Waals surface area contributed by atoms with Gasteiger partial charge in [-0.1, -0.05) is 61.7 Å². The van der Waals surface area contributed by atoms with Crippen LogP contribution in [-0.4, -0.2) is 24.1 Å². The topological polar surface area (TPSA) is 35.5 Å². The molecule has 1 saturated carbocycles. The lowest BCUT2D eigenvalue weighted by atomic mass is 9.98. The van der Waals surface area contributed by atoms with Crippen LogP contribution in [0.25, 0.3) is 21.5 Å². The van der Waals surface area contributed by atoms with Gasteiger partial charge in [0.1, 0.15) is 0 Å². The number of hydrogen-bond donors (Lipinski definition) is 0. The van der Waals surface area contributed by atoms with E-state index in [1.807, 2.05) is 6.92 Å². The summed E-state index contributed by atoms with van der Waals surface area (Å²) in [7, 11) is 0. The van der Waals surface area contributed by atoms with Crippen LogP contribution in [0.1, 0.15) is 44.6 Å². The third-order valence-corrected chi connectivity index (χ3v) is 6.47. The molecule has 152 valence electrons. The predicted octanol–water partition coefficient (Wildman–Crippen LogP) is 6.46. The molecule has 0 heterocycles. The van der Waals surface area contributed by atoms with Crippen LogP contribution >= 0.6 is 11.8 Å². The van der Waals surface area contributed by atoms with Crippen LogP contribution in [0.15, 0.2) is 54.6 Å². The Morgan fingerprint density at radius 1 is 0.966 bits per heavy atom. The first-order chi connectivity index (χ1) is 14.2. The van der Waals surface area contributed by atoms with Crippen LogP contribution in [0.4, 0.5) is 0 Å². The first-order valence-electron chi connectivity index (χ1n) is 10.5. The van der Waals surface area contributed by atoms with Crippen molar-refractivity contribution >= 4 is 39.3 Å². The van der Waals surface area contributed by atoms with E-state index in [0.29, 0.717) is 5.75 Å². The first kappa shape index (κ1) is 20.2. The summed E-state index contributed by atoms with van der Waals surface area (Å²) in [6.07, 6.45) is 5.65. The summed E-state index contributed by atoms with van der Waals surface area (Å²) in [5, 5.41) is 4.99. The van der Waals surface area contributed by atoms with E-state index >= 15 is 0 Å². The zero-order valence-corrected chi connectivity index (χ0v) is 17.8. The number of hydrogen-bond acceptors (Lipinski definition) is 4. The van der Waals surface area contributed by atoms with Gasteiger partial charge in [0, 0.05) is 5.75 Å². The van der Waals surface area contributed by atoms with Gasteiger partial charge in [0.2, 0.25) is 0 Å². The van der Waals surface area contributed by atoms with Gasteiger partial charge in [0.25, 0.3) is 0 Å². The molecule has 1 atom stereocenters. The number of carbonyl (C=O) groups excluding carboxylic acids is 1. The largest absolute Gasteiger partial charge is 0.435 e. The summed E-state index contributed by atoms with van der Waals surface area (Å²) < 4.78 is 11.3. The molecule has 4 rings (SSSR count). The Balaban J connectivity index is 1.27. The highest BCUT2D eigenvalue weighted by molar-refractivity contribution is 7.99. The number of carbonyl (C=O) groups is 1. The fraction of sp³-hybridized carbons (Fsp3) is 0.400. The summed E-state index contributed by atoms with van der Waals surface area (Å²) in [5.74, 6) is 0.925. The second-order valence-electron chi connectivity index (χ2n) is 7.83. The number of benzene rings is 3. The van der Waals surface area contributed by atoms with E-state index in [2.05, 4.69) is 54.6 Å². The number of esters is 1. The summed E-state index contributed by atoms with van der Waals surface area (Å²) in [4.78, 5) is 12.1. The van der Waals surface area contributed by atoms with Crippen LogP contribution in [0, 0.1) is 0 Å². The molecule has 0 aliphatic heterocycles. The zero-order chi connectivity index (χ0) is 20.1. The number of rotatable bonds is 7. The lowest BCUT2D eigenvalue weighted by Crippen LogP contribution is -2.26. The Labute approximate surface area is 176 Å². The van der Waals surface area contributed by atoms with Gasteiger partial charge in [-0.05, 0) is 59.0 Å². The van der Waals surface area contributed by atoms with Crippen LogP contribution in [0.5, 0.6) is 0 Å².